The van der Waals surface area contributed by atoms with Crippen molar-refractivity contribution >= 4 is 0 Å². The second-order valence-corrected chi connectivity index (χ2v) is 3.73. The summed E-state index contributed by atoms with van der Waals surface area (Å²) in [5.74, 6) is 0.959. The van der Waals surface area contributed by atoms with E-state index in [0.29, 0.717) is 6.54 Å². The summed E-state index contributed by atoms with van der Waals surface area (Å²) in [5.41, 5.74) is -0.507. The highest BCUT2D eigenvalue weighted by molar-refractivity contribution is 5.00. The molecule has 0 aromatic carbocycles. The fraction of sp³-hybridized carbons (Fsp3) is 0.600. The standard InChI is InChI=1S/C10H15NO2/c12-10(5-6-11-8-10)4-3-9-2-1-7-13-9/h1-2,7,11-12H,3-6,8H2. The lowest BCUT2D eigenvalue weighted by Gasteiger charge is -2.19. The van der Waals surface area contributed by atoms with Crippen molar-refractivity contribution in [1.29, 1.82) is 0 Å². The van der Waals surface area contributed by atoms with Crippen LogP contribution in [-0.2, 0) is 6.42 Å². The van der Waals surface area contributed by atoms with Gasteiger partial charge in [-0.3, -0.25) is 0 Å². The summed E-state index contributed by atoms with van der Waals surface area (Å²) >= 11 is 0. The maximum Gasteiger partial charge on any atom is 0.103 e. The van der Waals surface area contributed by atoms with Crippen molar-refractivity contribution in [2.45, 2.75) is 24.9 Å². The average molecular weight is 181 g/mol. The molecule has 1 aliphatic heterocycles. The zero-order valence-corrected chi connectivity index (χ0v) is 7.62. The lowest BCUT2D eigenvalue weighted by atomic mass is 9.96. The summed E-state index contributed by atoms with van der Waals surface area (Å²) in [5, 5.41) is 13.1. The van der Waals surface area contributed by atoms with Gasteiger partial charge in [-0.1, -0.05) is 0 Å². The molecule has 1 aromatic rings. The number of hydrogen-bond acceptors (Lipinski definition) is 3. The number of furan rings is 1. The van der Waals surface area contributed by atoms with E-state index in [4.69, 9.17) is 4.42 Å². The number of nitrogens with one attached hydrogen (secondary N) is 1. The Bertz CT molecular complexity index is 250. The summed E-state index contributed by atoms with van der Waals surface area (Å²) in [6.07, 6.45) is 4.14. The highest BCUT2D eigenvalue weighted by atomic mass is 16.3. The van der Waals surface area contributed by atoms with E-state index >= 15 is 0 Å². The molecule has 72 valence electrons. The van der Waals surface area contributed by atoms with Gasteiger partial charge in [0.25, 0.3) is 0 Å². The van der Waals surface area contributed by atoms with Gasteiger partial charge in [-0.15, -0.1) is 0 Å². The van der Waals surface area contributed by atoms with E-state index in [0.717, 1.165) is 31.6 Å². The molecule has 0 saturated carbocycles. The van der Waals surface area contributed by atoms with Crippen molar-refractivity contribution in [1.82, 2.24) is 5.32 Å². The van der Waals surface area contributed by atoms with Crippen LogP contribution >= 0.6 is 0 Å². The van der Waals surface area contributed by atoms with Crippen LogP contribution in [0.15, 0.2) is 22.8 Å². The summed E-state index contributed by atoms with van der Waals surface area (Å²) < 4.78 is 5.21. The molecule has 3 heteroatoms. The zero-order valence-electron chi connectivity index (χ0n) is 7.62. The number of hydrogen-bond donors (Lipinski definition) is 2. The summed E-state index contributed by atoms with van der Waals surface area (Å²) in [6, 6.07) is 3.83. The fourth-order valence-corrected chi connectivity index (χ4v) is 1.75. The third kappa shape index (κ3) is 2.11. The summed E-state index contributed by atoms with van der Waals surface area (Å²) in [6.45, 7) is 1.64. The maximum absolute atomic E-state index is 9.99. The van der Waals surface area contributed by atoms with E-state index in [9.17, 15) is 5.11 Å². The van der Waals surface area contributed by atoms with Crippen LogP contribution in [-0.4, -0.2) is 23.8 Å². The van der Waals surface area contributed by atoms with E-state index in [1.165, 1.54) is 0 Å². The fourth-order valence-electron chi connectivity index (χ4n) is 1.75. The highest BCUT2D eigenvalue weighted by Crippen LogP contribution is 2.21. The normalized spacial score (nSPS) is 28.1. The van der Waals surface area contributed by atoms with Crippen LogP contribution in [0.1, 0.15) is 18.6 Å². The van der Waals surface area contributed by atoms with E-state index in [1.807, 2.05) is 12.1 Å². The van der Waals surface area contributed by atoms with Crippen molar-refractivity contribution in [2.24, 2.45) is 0 Å². The maximum atomic E-state index is 9.99. The third-order valence-corrected chi connectivity index (χ3v) is 2.64. The minimum Gasteiger partial charge on any atom is -0.469 e. The van der Waals surface area contributed by atoms with Gasteiger partial charge in [0, 0.05) is 13.0 Å². The molecule has 1 unspecified atom stereocenters. The van der Waals surface area contributed by atoms with Crippen molar-refractivity contribution in [3.8, 4) is 0 Å². The molecule has 0 amide bonds. The van der Waals surface area contributed by atoms with Gasteiger partial charge >= 0.3 is 0 Å². The molecule has 0 radical (unpaired) electrons. The molecule has 1 aliphatic rings. The van der Waals surface area contributed by atoms with E-state index in [-0.39, 0.29) is 0 Å². The molecule has 2 heterocycles. The quantitative estimate of drug-likeness (QED) is 0.729. The summed E-state index contributed by atoms with van der Waals surface area (Å²) in [7, 11) is 0. The molecule has 0 aliphatic carbocycles. The molecule has 0 spiro atoms. The molecule has 3 nitrogen and oxygen atoms in total. The largest absolute Gasteiger partial charge is 0.469 e. The van der Waals surface area contributed by atoms with E-state index < -0.39 is 5.60 Å². The Kier molecular flexibility index (Phi) is 2.38. The Morgan fingerprint density at radius 1 is 1.62 bits per heavy atom. The molecule has 2 N–H and O–H groups in total. The Balaban J connectivity index is 1.85. The first-order valence-electron chi connectivity index (χ1n) is 4.74. The molecular formula is C10H15NO2. The smallest absolute Gasteiger partial charge is 0.103 e. The van der Waals surface area contributed by atoms with E-state index in [1.54, 1.807) is 6.26 Å². The van der Waals surface area contributed by atoms with E-state index in [2.05, 4.69) is 5.32 Å². The van der Waals surface area contributed by atoms with Crippen LogP contribution in [0.4, 0.5) is 0 Å². The Labute approximate surface area is 77.8 Å². The molecule has 13 heavy (non-hydrogen) atoms. The van der Waals surface area contributed by atoms with Gasteiger partial charge in [0.2, 0.25) is 0 Å². The van der Waals surface area contributed by atoms with Gasteiger partial charge in [-0.25, -0.2) is 0 Å². The van der Waals surface area contributed by atoms with Crippen LogP contribution in [0, 0.1) is 0 Å². The topological polar surface area (TPSA) is 45.4 Å². The first kappa shape index (κ1) is 8.78. The van der Waals surface area contributed by atoms with Gasteiger partial charge < -0.3 is 14.8 Å². The first-order chi connectivity index (χ1) is 6.29. The van der Waals surface area contributed by atoms with Gasteiger partial charge in [-0.05, 0) is 31.5 Å². The predicted octanol–water partition coefficient (Wildman–Crippen LogP) is 0.937. The van der Waals surface area contributed by atoms with Crippen LogP contribution in [0.25, 0.3) is 0 Å². The van der Waals surface area contributed by atoms with Crippen LogP contribution in [0.5, 0.6) is 0 Å². The van der Waals surface area contributed by atoms with Crippen molar-refractivity contribution in [3.05, 3.63) is 24.2 Å². The second kappa shape index (κ2) is 3.52. The van der Waals surface area contributed by atoms with Crippen molar-refractivity contribution < 1.29 is 9.52 Å². The molecule has 1 atom stereocenters. The Hall–Kier alpha value is -0.800. The minimum absolute atomic E-state index is 0.507. The molecular weight excluding hydrogens is 166 g/mol. The number of aliphatic hydroxyl groups is 1. The van der Waals surface area contributed by atoms with Crippen molar-refractivity contribution in [2.75, 3.05) is 13.1 Å². The lowest BCUT2D eigenvalue weighted by Crippen LogP contribution is -2.31. The van der Waals surface area contributed by atoms with Gasteiger partial charge in [0.1, 0.15) is 5.76 Å². The zero-order chi connectivity index (χ0) is 9.15. The highest BCUT2D eigenvalue weighted by Gasteiger charge is 2.30. The molecule has 1 aromatic heterocycles. The molecule has 1 fully saturated rings. The Morgan fingerprint density at radius 2 is 2.54 bits per heavy atom. The minimum atomic E-state index is -0.507. The van der Waals surface area contributed by atoms with Gasteiger partial charge in [0.05, 0.1) is 11.9 Å². The number of aryl methyl sites for hydroxylation is 1. The first-order valence-corrected chi connectivity index (χ1v) is 4.74. The molecule has 2 rings (SSSR count). The van der Waals surface area contributed by atoms with Crippen LogP contribution in [0.2, 0.25) is 0 Å². The van der Waals surface area contributed by atoms with Gasteiger partial charge in [-0.2, -0.15) is 0 Å². The number of rotatable bonds is 3. The summed E-state index contributed by atoms with van der Waals surface area (Å²) in [4.78, 5) is 0. The third-order valence-electron chi connectivity index (χ3n) is 2.64. The molecule has 1 saturated heterocycles. The van der Waals surface area contributed by atoms with Gasteiger partial charge in [0.15, 0.2) is 0 Å². The predicted molar refractivity (Wildman–Crippen MR) is 49.5 cm³/mol. The average Bonchev–Trinajstić information content (AvgIpc) is 2.72. The lowest BCUT2D eigenvalue weighted by molar-refractivity contribution is 0.0512. The SMILES string of the molecule is OC1(CCc2ccco2)CCNC1. The van der Waals surface area contributed by atoms with Crippen molar-refractivity contribution in [3.63, 3.8) is 0 Å². The Morgan fingerprint density at radius 3 is 3.15 bits per heavy atom. The monoisotopic (exact) mass is 181 g/mol. The van der Waals surface area contributed by atoms with Crippen LogP contribution < -0.4 is 5.32 Å². The number of β-amino-alcohol motifs (C(OH)–C–C–N with tert-alkyl or cyclic N) is 1. The second-order valence-electron chi connectivity index (χ2n) is 3.73. The molecule has 0 bridgehead atoms. The van der Waals surface area contributed by atoms with Crippen LogP contribution in [0.3, 0.4) is 0 Å².